The first-order chi connectivity index (χ1) is 8.89. The minimum absolute atomic E-state index is 0.182. The molecule has 1 aromatic carbocycles. The third-order valence-electron chi connectivity index (χ3n) is 2.20. The Hall–Kier alpha value is -1.96. The van der Waals surface area contributed by atoms with Crippen LogP contribution in [0.5, 0.6) is 0 Å². The normalized spacial score (nSPS) is 11.4. The minimum Gasteiger partial charge on any atom is -0.298 e. The van der Waals surface area contributed by atoms with E-state index in [1.807, 2.05) is 0 Å². The number of alkyl halides is 3. The smallest absolute Gasteiger partial charge is 0.298 e. The molecule has 3 nitrogen and oxygen atoms in total. The molecule has 0 aliphatic heterocycles. The number of anilines is 1. The van der Waals surface area contributed by atoms with E-state index in [1.54, 1.807) is 5.38 Å². The zero-order valence-corrected chi connectivity index (χ0v) is 9.98. The van der Waals surface area contributed by atoms with E-state index in [4.69, 9.17) is 0 Å². The number of carbonyl (C=O) groups is 1. The molecule has 0 unspecified atom stereocenters. The van der Waals surface area contributed by atoms with Gasteiger partial charge in [0, 0.05) is 11.6 Å². The molecule has 8 heteroatoms. The first-order valence-electron chi connectivity index (χ1n) is 4.96. The third-order valence-corrected chi connectivity index (χ3v) is 2.89. The fourth-order valence-electron chi connectivity index (χ4n) is 1.38. The van der Waals surface area contributed by atoms with Gasteiger partial charge in [-0.1, -0.05) is 6.07 Å². The molecule has 1 heterocycles. The zero-order chi connectivity index (χ0) is 14.0. The van der Waals surface area contributed by atoms with Gasteiger partial charge in [-0.2, -0.15) is 13.2 Å². The summed E-state index contributed by atoms with van der Waals surface area (Å²) in [6.45, 7) is 0. The number of amides is 1. The molecule has 0 fully saturated rings. The van der Waals surface area contributed by atoms with E-state index >= 15 is 0 Å². The number of benzene rings is 1. The van der Waals surface area contributed by atoms with Crippen LogP contribution in [-0.2, 0) is 6.18 Å². The predicted octanol–water partition coefficient (Wildman–Crippen LogP) is 3.55. The van der Waals surface area contributed by atoms with Crippen molar-refractivity contribution in [1.82, 2.24) is 4.98 Å². The summed E-state index contributed by atoms with van der Waals surface area (Å²) >= 11 is 1.07. The zero-order valence-electron chi connectivity index (χ0n) is 9.16. The van der Waals surface area contributed by atoms with Crippen LogP contribution in [0.2, 0.25) is 0 Å². The van der Waals surface area contributed by atoms with Gasteiger partial charge in [0.2, 0.25) is 0 Å². The van der Waals surface area contributed by atoms with Gasteiger partial charge in [0.15, 0.2) is 5.13 Å². The molecule has 1 N–H and O–H groups in total. The minimum atomic E-state index is -4.85. The number of nitrogens with zero attached hydrogens (tertiary/aromatic N) is 1. The lowest BCUT2D eigenvalue weighted by atomic mass is 10.1. The molecule has 2 aromatic rings. The van der Waals surface area contributed by atoms with Crippen molar-refractivity contribution in [2.75, 3.05) is 5.32 Å². The summed E-state index contributed by atoms with van der Waals surface area (Å²) < 4.78 is 51.1. The van der Waals surface area contributed by atoms with Crippen LogP contribution >= 0.6 is 11.3 Å². The largest absolute Gasteiger partial charge is 0.419 e. The number of halogens is 4. The summed E-state index contributed by atoms with van der Waals surface area (Å²) in [5.41, 5.74) is -2.15. The maximum atomic E-state index is 13.6. The highest BCUT2D eigenvalue weighted by Gasteiger charge is 2.35. The van der Waals surface area contributed by atoms with Crippen LogP contribution < -0.4 is 5.32 Å². The molecule has 2 rings (SSSR count). The average molecular weight is 290 g/mol. The van der Waals surface area contributed by atoms with Gasteiger partial charge >= 0.3 is 6.18 Å². The molecular formula is C11H6F4N2OS. The fraction of sp³-hybridized carbons (Fsp3) is 0.0909. The molecule has 0 radical (unpaired) electrons. The van der Waals surface area contributed by atoms with Gasteiger partial charge in [0.1, 0.15) is 5.82 Å². The fourth-order valence-corrected chi connectivity index (χ4v) is 1.90. The number of rotatable bonds is 2. The van der Waals surface area contributed by atoms with Crippen molar-refractivity contribution in [1.29, 1.82) is 0 Å². The Morgan fingerprint density at radius 2 is 2.05 bits per heavy atom. The number of hydrogen-bond donors (Lipinski definition) is 1. The van der Waals surface area contributed by atoms with Crippen LogP contribution in [-0.4, -0.2) is 10.9 Å². The molecule has 0 saturated heterocycles. The first kappa shape index (κ1) is 13.5. The Labute approximate surface area is 108 Å². The molecule has 0 spiro atoms. The third kappa shape index (κ3) is 2.90. The second-order valence-corrected chi connectivity index (χ2v) is 4.35. The molecule has 0 atom stereocenters. The van der Waals surface area contributed by atoms with Gasteiger partial charge in [0.05, 0.1) is 11.1 Å². The standard InChI is InChI=1S/C11H6F4N2OS/c12-8-6(2-1-3-7(8)11(13,14)15)9(18)17-10-16-4-5-19-10/h1-5H,(H,16,17,18). The first-order valence-corrected chi connectivity index (χ1v) is 5.84. The Morgan fingerprint density at radius 3 is 2.63 bits per heavy atom. The number of hydrogen-bond acceptors (Lipinski definition) is 3. The van der Waals surface area contributed by atoms with Gasteiger partial charge in [0.25, 0.3) is 5.91 Å². The lowest BCUT2D eigenvalue weighted by Gasteiger charge is -2.10. The maximum Gasteiger partial charge on any atom is 0.419 e. The highest BCUT2D eigenvalue weighted by atomic mass is 32.1. The summed E-state index contributed by atoms with van der Waals surface area (Å²) in [5, 5.41) is 3.97. The van der Waals surface area contributed by atoms with E-state index in [0.29, 0.717) is 6.07 Å². The lowest BCUT2D eigenvalue weighted by Crippen LogP contribution is -2.17. The Bertz CT molecular complexity index is 595. The highest BCUT2D eigenvalue weighted by Crippen LogP contribution is 2.32. The lowest BCUT2D eigenvalue weighted by molar-refractivity contribution is -0.140. The second-order valence-electron chi connectivity index (χ2n) is 3.46. The van der Waals surface area contributed by atoms with Crippen LogP contribution in [0.15, 0.2) is 29.8 Å². The highest BCUT2D eigenvalue weighted by molar-refractivity contribution is 7.13. The van der Waals surface area contributed by atoms with Crippen molar-refractivity contribution in [2.24, 2.45) is 0 Å². The number of carbonyl (C=O) groups excluding carboxylic acids is 1. The summed E-state index contributed by atoms with van der Waals surface area (Å²) in [6, 6.07) is 2.53. The van der Waals surface area contributed by atoms with Crippen molar-refractivity contribution in [3.63, 3.8) is 0 Å². The van der Waals surface area contributed by atoms with E-state index in [1.165, 1.54) is 6.20 Å². The van der Waals surface area contributed by atoms with Gasteiger partial charge in [-0.15, -0.1) is 11.3 Å². The number of aromatic nitrogens is 1. The Morgan fingerprint density at radius 1 is 1.32 bits per heavy atom. The van der Waals surface area contributed by atoms with E-state index in [0.717, 1.165) is 23.5 Å². The van der Waals surface area contributed by atoms with Crippen molar-refractivity contribution in [2.45, 2.75) is 6.18 Å². The van der Waals surface area contributed by atoms with Gasteiger partial charge in [-0.3, -0.25) is 10.1 Å². The van der Waals surface area contributed by atoms with E-state index in [2.05, 4.69) is 10.3 Å². The molecule has 100 valence electrons. The quantitative estimate of drug-likeness (QED) is 0.859. The predicted molar refractivity (Wildman–Crippen MR) is 61.5 cm³/mol. The monoisotopic (exact) mass is 290 g/mol. The number of thiazole rings is 1. The van der Waals surface area contributed by atoms with Crippen LogP contribution in [0.25, 0.3) is 0 Å². The number of nitrogens with one attached hydrogen (secondary N) is 1. The van der Waals surface area contributed by atoms with Crippen LogP contribution in [0.4, 0.5) is 22.7 Å². The summed E-state index contributed by atoms with van der Waals surface area (Å²) in [5.74, 6) is -2.57. The Kier molecular flexibility index (Phi) is 3.52. The van der Waals surface area contributed by atoms with Crippen LogP contribution in [0.1, 0.15) is 15.9 Å². The van der Waals surface area contributed by atoms with E-state index in [-0.39, 0.29) is 5.13 Å². The maximum absolute atomic E-state index is 13.6. The summed E-state index contributed by atoms with van der Waals surface area (Å²) in [4.78, 5) is 15.4. The topological polar surface area (TPSA) is 42.0 Å². The molecule has 0 bridgehead atoms. The molecule has 1 amide bonds. The van der Waals surface area contributed by atoms with Crippen molar-refractivity contribution in [3.8, 4) is 0 Å². The van der Waals surface area contributed by atoms with Crippen LogP contribution in [0, 0.1) is 5.82 Å². The second kappa shape index (κ2) is 4.96. The average Bonchev–Trinajstić information content (AvgIpc) is 2.80. The van der Waals surface area contributed by atoms with E-state index in [9.17, 15) is 22.4 Å². The summed E-state index contributed by atoms with van der Waals surface area (Å²) in [7, 11) is 0. The molecule has 0 aliphatic carbocycles. The van der Waals surface area contributed by atoms with Crippen molar-refractivity contribution >= 4 is 22.4 Å². The van der Waals surface area contributed by atoms with E-state index < -0.39 is 29.0 Å². The molecule has 19 heavy (non-hydrogen) atoms. The molecule has 0 saturated carbocycles. The summed E-state index contributed by atoms with van der Waals surface area (Å²) in [6.07, 6.45) is -3.44. The molecule has 0 aliphatic rings. The molecule has 1 aromatic heterocycles. The van der Waals surface area contributed by atoms with Crippen molar-refractivity contribution in [3.05, 3.63) is 46.7 Å². The molecular weight excluding hydrogens is 284 g/mol. The van der Waals surface area contributed by atoms with Crippen LogP contribution in [0.3, 0.4) is 0 Å². The van der Waals surface area contributed by atoms with Gasteiger partial charge in [-0.25, -0.2) is 9.37 Å². The van der Waals surface area contributed by atoms with Crippen molar-refractivity contribution < 1.29 is 22.4 Å². The van der Waals surface area contributed by atoms with Gasteiger partial charge in [-0.05, 0) is 12.1 Å². The SMILES string of the molecule is O=C(Nc1nccs1)c1cccc(C(F)(F)F)c1F. The Balaban J connectivity index is 2.33. The van der Waals surface area contributed by atoms with Gasteiger partial charge < -0.3 is 0 Å².